The molecular weight excluding hydrogens is 263 g/mol. The second kappa shape index (κ2) is 5.57. The number of aliphatic hydroxyl groups is 1. The number of nitrogens with zero attached hydrogens (tertiary/aromatic N) is 2. The van der Waals surface area contributed by atoms with Crippen LogP contribution in [0, 0.1) is 0 Å². The van der Waals surface area contributed by atoms with Crippen molar-refractivity contribution in [1.29, 1.82) is 0 Å². The first-order valence-electron chi connectivity index (χ1n) is 5.56. The molecule has 1 rings (SSSR count). The number of halogens is 3. The maximum atomic E-state index is 12.6. The van der Waals surface area contributed by atoms with Crippen LogP contribution in [0.3, 0.4) is 0 Å². The van der Waals surface area contributed by atoms with Gasteiger partial charge in [0.2, 0.25) is 5.82 Å². The predicted octanol–water partition coefficient (Wildman–Crippen LogP) is 1.35. The van der Waals surface area contributed by atoms with Crippen molar-refractivity contribution >= 4 is 11.6 Å². The van der Waals surface area contributed by atoms with E-state index in [0.29, 0.717) is 6.42 Å². The zero-order valence-corrected chi connectivity index (χ0v) is 10.5. The van der Waals surface area contributed by atoms with Gasteiger partial charge in [0.15, 0.2) is 0 Å². The molecule has 0 aliphatic carbocycles. The van der Waals surface area contributed by atoms with E-state index in [9.17, 15) is 18.3 Å². The van der Waals surface area contributed by atoms with E-state index in [-0.39, 0.29) is 18.2 Å². The molecule has 1 aromatic rings. The first kappa shape index (κ1) is 15.4. The molecule has 0 saturated carbocycles. The molecule has 0 saturated heterocycles. The molecule has 0 radical (unpaired) electrons. The molecule has 6 nitrogen and oxygen atoms in total. The maximum absolute atomic E-state index is 12.6. The average Bonchev–Trinajstić information content (AvgIpc) is 2.37. The van der Waals surface area contributed by atoms with Crippen LogP contribution >= 0.6 is 0 Å². The molecule has 1 atom stereocenters. The number of anilines is 2. The fraction of sp³-hybridized carbons (Fsp3) is 0.600. The number of nitrogens with one attached hydrogen (secondary N) is 2. The highest BCUT2D eigenvalue weighted by molar-refractivity contribution is 5.48. The number of hydrogen-bond acceptors (Lipinski definition) is 6. The van der Waals surface area contributed by atoms with Crippen molar-refractivity contribution < 1.29 is 18.3 Å². The largest absolute Gasteiger partial charge is 0.451 e. The molecule has 0 aliphatic heterocycles. The Kier molecular flexibility index (Phi) is 4.53. The second-order valence-electron chi connectivity index (χ2n) is 4.30. The predicted molar refractivity (Wildman–Crippen MR) is 64.2 cm³/mol. The van der Waals surface area contributed by atoms with Gasteiger partial charge in [-0.25, -0.2) is 15.8 Å². The maximum Gasteiger partial charge on any atom is 0.451 e. The SMILES string of the molecule is CCC(C)(CO)Nc1cc(NN)nc(C(F)(F)F)n1. The van der Waals surface area contributed by atoms with Gasteiger partial charge < -0.3 is 15.8 Å². The fourth-order valence-electron chi connectivity index (χ4n) is 1.26. The number of aromatic nitrogens is 2. The normalized spacial score (nSPS) is 14.9. The number of hydrogen-bond donors (Lipinski definition) is 4. The quantitative estimate of drug-likeness (QED) is 0.480. The van der Waals surface area contributed by atoms with Crippen LogP contribution < -0.4 is 16.6 Å². The van der Waals surface area contributed by atoms with E-state index in [1.165, 1.54) is 6.07 Å². The van der Waals surface area contributed by atoms with E-state index in [1.807, 2.05) is 5.43 Å². The van der Waals surface area contributed by atoms with Crippen LogP contribution in [0.15, 0.2) is 6.07 Å². The van der Waals surface area contributed by atoms with Crippen LogP contribution in [-0.4, -0.2) is 27.2 Å². The fourth-order valence-corrected chi connectivity index (χ4v) is 1.26. The molecule has 0 amide bonds. The summed E-state index contributed by atoms with van der Waals surface area (Å²) in [6.07, 6.45) is -4.18. The molecule has 0 aliphatic rings. The molecule has 9 heteroatoms. The first-order chi connectivity index (χ1) is 8.74. The molecule has 0 fully saturated rings. The summed E-state index contributed by atoms with van der Waals surface area (Å²) in [7, 11) is 0. The summed E-state index contributed by atoms with van der Waals surface area (Å²) in [5, 5.41) is 12.0. The number of alkyl halides is 3. The van der Waals surface area contributed by atoms with Crippen molar-refractivity contribution in [3.8, 4) is 0 Å². The van der Waals surface area contributed by atoms with E-state index < -0.39 is 17.5 Å². The zero-order valence-electron chi connectivity index (χ0n) is 10.5. The summed E-state index contributed by atoms with van der Waals surface area (Å²) in [6.45, 7) is 3.20. The molecule has 19 heavy (non-hydrogen) atoms. The lowest BCUT2D eigenvalue weighted by Crippen LogP contribution is -2.38. The summed E-state index contributed by atoms with van der Waals surface area (Å²) in [5.41, 5.74) is 1.27. The summed E-state index contributed by atoms with van der Waals surface area (Å²) >= 11 is 0. The minimum Gasteiger partial charge on any atom is -0.394 e. The Balaban J connectivity index is 3.14. The summed E-state index contributed by atoms with van der Waals surface area (Å²) in [4.78, 5) is 6.61. The Labute approximate surface area is 108 Å². The Morgan fingerprint density at radius 3 is 2.32 bits per heavy atom. The van der Waals surface area contributed by atoms with Crippen molar-refractivity contribution in [3.05, 3.63) is 11.9 Å². The van der Waals surface area contributed by atoms with Crippen LogP contribution in [0.4, 0.5) is 24.8 Å². The van der Waals surface area contributed by atoms with E-state index in [0.717, 1.165) is 0 Å². The number of hydrazine groups is 1. The Hall–Kier alpha value is -1.61. The van der Waals surface area contributed by atoms with E-state index in [4.69, 9.17) is 5.84 Å². The third kappa shape index (κ3) is 3.93. The molecular formula is C10H16F3N5O. The number of nitrogens with two attached hydrogens (primary N) is 1. The zero-order chi connectivity index (χ0) is 14.7. The highest BCUT2D eigenvalue weighted by atomic mass is 19.4. The highest BCUT2D eigenvalue weighted by Gasteiger charge is 2.36. The smallest absolute Gasteiger partial charge is 0.394 e. The number of aliphatic hydroxyl groups excluding tert-OH is 1. The Bertz CT molecular complexity index is 434. The molecule has 1 unspecified atom stereocenters. The summed E-state index contributed by atoms with van der Waals surface area (Å²) in [5.74, 6) is 3.54. The molecule has 0 aromatic carbocycles. The summed E-state index contributed by atoms with van der Waals surface area (Å²) < 4.78 is 37.8. The molecule has 108 valence electrons. The van der Waals surface area contributed by atoms with Gasteiger partial charge in [0.25, 0.3) is 0 Å². The average molecular weight is 279 g/mol. The van der Waals surface area contributed by atoms with Gasteiger partial charge in [-0.2, -0.15) is 13.2 Å². The topological polar surface area (TPSA) is 96.1 Å². The van der Waals surface area contributed by atoms with Gasteiger partial charge in [0, 0.05) is 6.07 Å². The Morgan fingerprint density at radius 1 is 1.32 bits per heavy atom. The Morgan fingerprint density at radius 2 is 1.89 bits per heavy atom. The highest BCUT2D eigenvalue weighted by Crippen LogP contribution is 2.29. The van der Waals surface area contributed by atoms with E-state index >= 15 is 0 Å². The lowest BCUT2D eigenvalue weighted by molar-refractivity contribution is -0.144. The molecule has 1 aromatic heterocycles. The third-order valence-electron chi connectivity index (χ3n) is 2.69. The monoisotopic (exact) mass is 279 g/mol. The third-order valence-corrected chi connectivity index (χ3v) is 2.69. The van der Waals surface area contributed by atoms with Crippen LogP contribution in [0.5, 0.6) is 0 Å². The molecule has 1 heterocycles. The number of rotatable bonds is 5. The van der Waals surface area contributed by atoms with Crippen molar-refractivity contribution in [1.82, 2.24) is 9.97 Å². The standard InChI is InChI=1S/C10H16F3N5O/c1-3-9(2,5-19)17-6-4-7(18-14)16-8(15-6)10(11,12)13/h4,19H,3,5,14H2,1-2H3,(H2,15,16,17,18). The van der Waals surface area contributed by atoms with E-state index in [2.05, 4.69) is 15.3 Å². The van der Waals surface area contributed by atoms with Crippen LogP contribution in [-0.2, 0) is 6.18 Å². The van der Waals surface area contributed by atoms with Gasteiger partial charge >= 0.3 is 6.18 Å². The first-order valence-corrected chi connectivity index (χ1v) is 5.56. The van der Waals surface area contributed by atoms with Gasteiger partial charge in [-0.15, -0.1) is 0 Å². The van der Waals surface area contributed by atoms with Crippen molar-refractivity contribution in [2.75, 3.05) is 17.3 Å². The van der Waals surface area contributed by atoms with Crippen molar-refractivity contribution in [2.24, 2.45) is 5.84 Å². The number of nitrogen functional groups attached to an aromatic ring is 1. The van der Waals surface area contributed by atoms with Gasteiger partial charge in [-0.3, -0.25) is 0 Å². The van der Waals surface area contributed by atoms with Crippen LogP contribution in [0.25, 0.3) is 0 Å². The minimum absolute atomic E-state index is 0.0614. The van der Waals surface area contributed by atoms with Gasteiger partial charge in [-0.05, 0) is 13.3 Å². The van der Waals surface area contributed by atoms with Crippen molar-refractivity contribution in [2.45, 2.75) is 32.0 Å². The lowest BCUT2D eigenvalue weighted by Gasteiger charge is -2.28. The van der Waals surface area contributed by atoms with Gasteiger partial charge in [0.05, 0.1) is 12.1 Å². The van der Waals surface area contributed by atoms with Crippen LogP contribution in [0.2, 0.25) is 0 Å². The van der Waals surface area contributed by atoms with E-state index in [1.54, 1.807) is 13.8 Å². The lowest BCUT2D eigenvalue weighted by atomic mass is 10.0. The van der Waals surface area contributed by atoms with Crippen molar-refractivity contribution in [3.63, 3.8) is 0 Å². The minimum atomic E-state index is -4.68. The molecule has 0 spiro atoms. The van der Waals surface area contributed by atoms with Gasteiger partial charge in [0.1, 0.15) is 11.6 Å². The summed E-state index contributed by atoms with van der Waals surface area (Å²) in [6, 6.07) is 1.23. The molecule has 0 bridgehead atoms. The van der Waals surface area contributed by atoms with Crippen LogP contribution in [0.1, 0.15) is 26.1 Å². The molecule has 5 N–H and O–H groups in total. The van der Waals surface area contributed by atoms with Gasteiger partial charge in [-0.1, -0.05) is 6.92 Å². The second-order valence-corrected chi connectivity index (χ2v) is 4.30.